The molecule has 1 amide bonds. The van der Waals surface area contributed by atoms with E-state index >= 15 is 0 Å². The van der Waals surface area contributed by atoms with Gasteiger partial charge in [-0.15, -0.1) is 11.3 Å². The van der Waals surface area contributed by atoms with Crippen molar-refractivity contribution in [3.63, 3.8) is 0 Å². The summed E-state index contributed by atoms with van der Waals surface area (Å²) in [6.45, 7) is 2.92. The van der Waals surface area contributed by atoms with E-state index in [1.807, 2.05) is 13.0 Å². The standard InChI is InChI=1S/C15H16Cl2N2O2S/c1-2-21-6-5-14(20)19-15-18-9-12(22-15)8-10-7-11(16)3-4-13(10)17/h3-4,7,9H,2,5-6,8H2,1H3,(H,18,19,20). The summed E-state index contributed by atoms with van der Waals surface area (Å²) in [4.78, 5) is 16.9. The number of rotatable bonds is 7. The molecule has 0 radical (unpaired) electrons. The van der Waals surface area contributed by atoms with Gasteiger partial charge in [0.2, 0.25) is 5.91 Å². The normalized spacial score (nSPS) is 10.7. The van der Waals surface area contributed by atoms with Crippen molar-refractivity contribution >= 4 is 45.6 Å². The van der Waals surface area contributed by atoms with Crippen LogP contribution in [0.2, 0.25) is 10.0 Å². The van der Waals surface area contributed by atoms with Crippen LogP contribution in [-0.4, -0.2) is 24.1 Å². The molecule has 1 aromatic carbocycles. The number of carbonyl (C=O) groups excluding carboxylic acids is 1. The van der Waals surface area contributed by atoms with Crippen molar-refractivity contribution in [3.8, 4) is 0 Å². The predicted molar refractivity (Wildman–Crippen MR) is 91.1 cm³/mol. The Balaban J connectivity index is 1.94. The number of anilines is 1. The summed E-state index contributed by atoms with van der Waals surface area (Å²) >= 11 is 13.6. The van der Waals surface area contributed by atoms with Crippen LogP contribution in [0.5, 0.6) is 0 Å². The van der Waals surface area contributed by atoms with Crippen LogP contribution < -0.4 is 5.32 Å². The van der Waals surface area contributed by atoms with Crippen molar-refractivity contribution in [2.45, 2.75) is 19.8 Å². The monoisotopic (exact) mass is 358 g/mol. The maximum absolute atomic E-state index is 11.7. The minimum atomic E-state index is -0.102. The number of nitrogens with one attached hydrogen (secondary N) is 1. The molecule has 1 aromatic heterocycles. The van der Waals surface area contributed by atoms with Gasteiger partial charge in [-0.1, -0.05) is 23.2 Å². The van der Waals surface area contributed by atoms with Crippen LogP contribution in [-0.2, 0) is 16.0 Å². The number of aromatic nitrogens is 1. The van der Waals surface area contributed by atoms with Gasteiger partial charge in [-0.2, -0.15) is 0 Å². The first kappa shape index (κ1) is 17.2. The molecule has 0 saturated heterocycles. The van der Waals surface area contributed by atoms with Crippen molar-refractivity contribution in [1.29, 1.82) is 0 Å². The van der Waals surface area contributed by atoms with Crippen LogP contribution in [0.15, 0.2) is 24.4 Å². The fourth-order valence-corrected chi connectivity index (χ4v) is 3.04. The fraction of sp³-hybridized carbons (Fsp3) is 0.333. The number of hydrogen-bond acceptors (Lipinski definition) is 4. The van der Waals surface area contributed by atoms with Gasteiger partial charge < -0.3 is 10.1 Å². The maximum Gasteiger partial charge on any atom is 0.228 e. The van der Waals surface area contributed by atoms with Crippen molar-refractivity contribution in [2.24, 2.45) is 0 Å². The van der Waals surface area contributed by atoms with E-state index < -0.39 is 0 Å². The topological polar surface area (TPSA) is 51.2 Å². The Morgan fingerprint density at radius 1 is 1.41 bits per heavy atom. The van der Waals surface area contributed by atoms with Crippen LogP contribution in [0.3, 0.4) is 0 Å². The second kappa shape index (κ2) is 8.48. The van der Waals surface area contributed by atoms with Gasteiger partial charge in [0.25, 0.3) is 0 Å². The molecule has 0 saturated carbocycles. The second-order valence-electron chi connectivity index (χ2n) is 4.54. The lowest BCUT2D eigenvalue weighted by molar-refractivity contribution is -0.117. The average molecular weight is 359 g/mol. The quantitative estimate of drug-likeness (QED) is 0.746. The smallest absolute Gasteiger partial charge is 0.228 e. The minimum absolute atomic E-state index is 0.102. The average Bonchev–Trinajstić information content (AvgIpc) is 2.90. The van der Waals surface area contributed by atoms with Gasteiger partial charge in [-0.05, 0) is 30.7 Å². The molecule has 22 heavy (non-hydrogen) atoms. The number of amides is 1. The first-order valence-corrected chi connectivity index (χ1v) is 8.42. The summed E-state index contributed by atoms with van der Waals surface area (Å²) in [6, 6.07) is 5.37. The van der Waals surface area contributed by atoms with Crippen molar-refractivity contribution < 1.29 is 9.53 Å². The molecule has 0 aliphatic carbocycles. The van der Waals surface area contributed by atoms with Crippen LogP contribution in [0, 0.1) is 0 Å². The van der Waals surface area contributed by atoms with Crippen LogP contribution in [0.4, 0.5) is 5.13 Å². The Morgan fingerprint density at radius 3 is 3.00 bits per heavy atom. The third kappa shape index (κ3) is 5.25. The second-order valence-corrected chi connectivity index (χ2v) is 6.50. The number of carbonyl (C=O) groups is 1. The highest BCUT2D eigenvalue weighted by molar-refractivity contribution is 7.15. The molecule has 0 atom stereocenters. The number of hydrogen-bond donors (Lipinski definition) is 1. The number of ether oxygens (including phenoxy) is 1. The summed E-state index contributed by atoms with van der Waals surface area (Å²) in [7, 11) is 0. The Kier molecular flexibility index (Phi) is 6.64. The van der Waals surface area contributed by atoms with E-state index in [1.54, 1.807) is 18.3 Å². The molecule has 4 nitrogen and oxygen atoms in total. The van der Waals surface area contributed by atoms with Crippen molar-refractivity contribution in [2.75, 3.05) is 18.5 Å². The number of benzene rings is 1. The molecule has 1 N–H and O–H groups in total. The Morgan fingerprint density at radius 2 is 2.23 bits per heavy atom. The third-order valence-corrected chi connectivity index (χ3v) is 4.37. The first-order valence-electron chi connectivity index (χ1n) is 6.84. The highest BCUT2D eigenvalue weighted by Crippen LogP contribution is 2.26. The van der Waals surface area contributed by atoms with E-state index in [0.717, 1.165) is 10.4 Å². The summed E-state index contributed by atoms with van der Waals surface area (Å²) in [6.07, 6.45) is 2.69. The van der Waals surface area contributed by atoms with Crippen LogP contribution >= 0.6 is 34.5 Å². The van der Waals surface area contributed by atoms with Crippen LogP contribution in [0.25, 0.3) is 0 Å². The molecule has 0 aliphatic heterocycles. The zero-order valence-electron chi connectivity index (χ0n) is 12.1. The molecule has 0 unspecified atom stereocenters. The lowest BCUT2D eigenvalue weighted by atomic mass is 10.1. The Bertz CT molecular complexity index is 646. The van der Waals surface area contributed by atoms with Crippen molar-refractivity contribution in [1.82, 2.24) is 4.98 Å². The first-order chi connectivity index (χ1) is 10.6. The van der Waals surface area contributed by atoms with E-state index in [-0.39, 0.29) is 5.91 Å². The summed E-state index contributed by atoms with van der Waals surface area (Å²) in [5.41, 5.74) is 0.937. The molecule has 0 spiro atoms. The molecule has 0 fully saturated rings. The molecule has 0 bridgehead atoms. The Hall–Kier alpha value is -1.14. The third-order valence-electron chi connectivity index (χ3n) is 2.85. The van der Waals surface area contributed by atoms with E-state index in [9.17, 15) is 4.79 Å². The molecule has 7 heteroatoms. The minimum Gasteiger partial charge on any atom is -0.381 e. The molecular formula is C15H16Cl2N2O2S. The summed E-state index contributed by atoms with van der Waals surface area (Å²) < 4.78 is 5.15. The van der Waals surface area contributed by atoms with Gasteiger partial charge >= 0.3 is 0 Å². The highest BCUT2D eigenvalue weighted by Gasteiger charge is 2.09. The summed E-state index contributed by atoms with van der Waals surface area (Å²) in [5, 5.41) is 4.65. The fourth-order valence-electron chi connectivity index (χ4n) is 1.80. The predicted octanol–water partition coefficient (Wildman–Crippen LogP) is 4.41. The maximum atomic E-state index is 11.7. The molecule has 2 rings (SSSR count). The Labute approximate surface area is 143 Å². The summed E-state index contributed by atoms with van der Waals surface area (Å²) in [5.74, 6) is -0.102. The van der Waals surface area contributed by atoms with Gasteiger partial charge in [0.1, 0.15) is 0 Å². The molecule has 118 valence electrons. The molecule has 0 aliphatic rings. The lowest BCUT2D eigenvalue weighted by Gasteiger charge is -2.03. The van der Waals surface area contributed by atoms with Gasteiger partial charge in [0.15, 0.2) is 5.13 Å². The zero-order valence-corrected chi connectivity index (χ0v) is 14.4. The highest BCUT2D eigenvalue weighted by atomic mass is 35.5. The van der Waals surface area contributed by atoms with Gasteiger partial charge in [0, 0.05) is 34.1 Å². The molecule has 2 aromatic rings. The number of nitrogens with zero attached hydrogens (tertiary/aromatic N) is 1. The molecule has 1 heterocycles. The number of halogens is 2. The van der Waals surface area contributed by atoms with E-state index in [0.29, 0.717) is 41.2 Å². The van der Waals surface area contributed by atoms with Crippen LogP contribution in [0.1, 0.15) is 23.8 Å². The SMILES string of the molecule is CCOCCC(=O)Nc1ncc(Cc2cc(Cl)ccc2Cl)s1. The van der Waals surface area contributed by atoms with E-state index in [2.05, 4.69) is 10.3 Å². The molecular weight excluding hydrogens is 343 g/mol. The largest absolute Gasteiger partial charge is 0.381 e. The van der Waals surface area contributed by atoms with Gasteiger partial charge in [0.05, 0.1) is 13.0 Å². The van der Waals surface area contributed by atoms with E-state index in [4.69, 9.17) is 27.9 Å². The zero-order chi connectivity index (χ0) is 15.9. The van der Waals surface area contributed by atoms with E-state index in [1.165, 1.54) is 11.3 Å². The van der Waals surface area contributed by atoms with Gasteiger partial charge in [-0.3, -0.25) is 4.79 Å². The number of thiazole rings is 1. The lowest BCUT2D eigenvalue weighted by Crippen LogP contribution is -2.13. The van der Waals surface area contributed by atoms with Crippen molar-refractivity contribution in [3.05, 3.63) is 44.9 Å². The van der Waals surface area contributed by atoms with Gasteiger partial charge in [-0.25, -0.2) is 4.98 Å².